The molecule has 0 radical (unpaired) electrons. The minimum atomic E-state index is -0.635. The fourth-order valence-electron chi connectivity index (χ4n) is 1.43. The molecule has 0 aliphatic carbocycles. The fourth-order valence-corrected chi connectivity index (χ4v) is 1.43. The highest BCUT2D eigenvalue weighted by molar-refractivity contribution is 4.98. The van der Waals surface area contributed by atoms with Crippen LogP contribution < -0.4 is 0 Å². The van der Waals surface area contributed by atoms with Crippen molar-refractivity contribution in [2.45, 2.75) is 52.2 Å². The van der Waals surface area contributed by atoms with Crippen molar-refractivity contribution in [2.24, 2.45) is 0 Å². The molecule has 0 aliphatic heterocycles. The molecular weight excluding hydrogens is 176 g/mol. The van der Waals surface area contributed by atoms with E-state index in [9.17, 15) is 5.11 Å². The van der Waals surface area contributed by atoms with E-state index in [0.717, 1.165) is 12.2 Å². The summed E-state index contributed by atoms with van der Waals surface area (Å²) in [6.07, 6.45) is 4.48. The van der Waals surface area contributed by atoms with Gasteiger partial charge in [-0.25, -0.2) is 4.98 Å². The van der Waals surface area contributed by atoms with Gasteiger partial charge in [0.05, 0.1) is 12.1 Å². The maximum absolute atomic E-state index is 9.95. The summed E-state index contributed by atoms with van der Waals surface area (Å²) in [6.45, 7) is 8.69. The molecule has 1 unspecified atom stereocenters. The van der Waals surface area contributed by atoms with Crippen molar-refractivity contribution >= 4 is 0 Å². The molecule has 0 amide bonds. The lowest BCUT2D eigenvalue weighted by Crippen LogP contribution is -2.30. The van der Waals surface area contributed by atoms with Crippen LogP contribution in [0.15, 0.2) is 12.4 Å². The van der Waals surface area contributed by atoms with Gasteiger partial charge in [0.15, 0.2) is 0 Å². The van der Waals surface area contributed by atoms with Gasteiger partial charge in [0.25, 0.3) is 0 Å². The van der Waals surface area contributed by atoms with E-state index in [1.54, 1.807) is 6.20 Å². The zero-order valence-electron chi connectivity index (χ0n) is 9.49. The van der Waals surface area contributed by atoms with E-state index in [1.807, 2.05) is 24.6 Å². The van der Waals surface area contributed by atoms with Crippen LogP contribution in [-0.2, 0) is 6.54 Å². The number of aromatic nitrogens is 2. The van der Waals surface area contributed by atoms with Crippen molar-refractivity contribution in [2.75, 3.05) is 0 Å². The summed E-state index contributed by atoms with van der Waals surface area (Å²) in [5.74, 6) is 1.44. The highest BCUT2D eigenvalue weighted by Crippen LogP contribution is 2.17. The Hall–Kier alpha value is -0.830. The molecule has 0 saturated heterocycles. The van der Waals surface area contributed by atoms with E-state index in [-0.39, 0.29) is 0 Å². The topological polar surface area (TPSA) is 38.0 Å². The Morgan fingerprint density at radius 1 is 1.57 bits per heavy atom. The van der Waals surface area contributed by atoms with Crippen molar-refractivity contribution in [3.63, 3.8) is 0 Å². The van der Waals surface area contributed by atoms with Crippen molar-refractivity contribution in [3.05, 3.63) is 18.2 Å². The third kappa shape index (κ3) is 2.58. The number of hydrogen-bond donors (Lipinski definition) is 1. The summed E-state index contributed by atoms with van der Waals surface area (Å²) in [7, 11) is 0. The second-order valence-corrected chi connectivity index (χ2v) is 4.42. The van der Waals surface area contributed by atoms with E-state index >= 15 is 0 Å². The van der Waals surface area contributed by atoms with E-state index in [0.29, 0.717) is 12.5 Å². The monoisotopic (exact) mass is 196 g/mol. The van der Waals surface area contributed by atoms with Crippen LogP contribution >= 0.6 is 0 Å². The lowest BCUT2D eigenvalue weighted by atomic mass is 10.0. The van der Waals surface area contributed by atoms with Crippen molar-refractivity contribution < 1.29 is 5.11 Å². The largest absolute Gasteiger partial charge is 0.388 e. The Kier molecular flexibility index (Phi) is 3.32. The fraction of sp³-hybridized carbons (Fsp3) is 0.727. The van der Waals surface area contributed by atoms with Crippen LogP contribution in [0.2, 0.25) is 0 Å². The third-order valence-corrected chi connectivity index (χ3v) is 2.54. The van der Waals surface area contributed by atoms with E-state index < -0.39 is 5.60 Å². The van der Waals surface area contributed by atoms with Gasteiger partial charge >= 0.3 is 0 Å². The van der Waals surface area contributed by atoms with Crippen molar-refractivity contribution in [1.29, 1.82) is 0 Å². The normalized spacial score (nSPS) is 15.9. The van der Waals surface area contributed by atoms with Crippen LogP contribution in [0.1, 0.15) is 45.9 Å². The smallest absolute Gasteiger partial charge is 0.111 e. The standard InChI is InChI=1S/C11H20N2O/c1-5-11(4,14)8-13-7-6-12-10(13)9(2)3/h6-7,9,14H,5,8H2,1-4H3. The van der Waals surface area contributed by atoms with Gasteiger partial charge in [-0.05, 0) is 13.3 Å². The first-order valence-corrected chi connectivity index (χ1v) is 5.19. The second-order valence-electron chi connectivity index (χ2n) is 4.42. The van der Waals surface area contributed by atoms with Gasteiger partial charge in [-0.2, -0.15) is 0 Å². The Labute approximate surface area is 85.8 Å². The molecule has 0 fully saturated rings. The summed E-state index contributed by atoms with van der Waals surface area (Å²) >= 11 is 0. The molecular formula is C11H20N2O. The van der Waals surface area contributed by atoms with E-state index in [4.69, 9.17) is 0 Å². The van der Waals surface area contributed by atoms with Gasteiger partial charge in [-0.1, -0.05) is 20.8 Å². The predicted molar refractivity (Wildman–Crippen MR) is 57.2 cm³/mol. The second kappa shape index (κ2) is 4.13. The molecule has 1 aromatic rings. The van der Waals surface area contributed by atoms with Crippen molar-refractivity contribution in [1.82, 2.24) is 9.55 Å². The average Bonchev–Trinajstić information content (AvgIpc) is 2.51. The molecule has 1 N–H and O–H groups in total. The molecule has 1 heterocycles. The summed E-state index contributed by atoms with van der Waals surface area (Å²) in [5.41, 5.74) is -0.635. The molecule has 80 valence electrons. The highest BCUT2D eigenvalue weighted by Gasteiger charge is 2.20. The molecule has 0 spiro atoms. The quantitative estimate of drug-likeness (QED) is 0.801. The number of aliphatic hydroxyl groups is 1. The molecule has 0 aliphatic rings. The molecule has 3 heteroatoms. The van der Waals surface area contributed by atoms with Crippen molar-refractivity contribution in [3.8, 4) is 0 Å². The average molecular weight is 196 g/mol. The molecule has 1 rings (SSSR count). The first kappa shape index (κ1) is 11.2. The highest BCUT2D eigenvalue weighted by atomic mass is 16.3. The van der Waals surface area contributed by atoms with Gasteiger partial charge in [0.1, 0.15) is 5.82 Å². The Balaban J connectivity index is 2.81. The lowest BCUT2D eigenvalue weighted by Gasteiger charge is -2.23. The van der Waals surface area contributed by atoms with Crippen LogP contribution in [0, 0.1) is 0 Å². The summed E-state index contributed by atoms with van der Waals surface area (Å²) in [6, 6.07) is 0. The predicted octanol–water partition coefficient (Wildman–Crippen LogP) is 2.17. The molecule has 3 nitrogen and oxygen atoms in total. The molecule has 1 aromatic heterocycles. The van der Waals surface area contributed by atoms with Crippen LogP contribution in [0.3, 0.4) is 0 Å². The first-order valence-electron chi connectivity index (χ1n) is 5.19. The Bertz CT molecular complexity index is 289. The van der Waals surface area contributed by atoms with Gasteiger partial charge in [-0.3, -0.25) is 0 Å². The third-order valence-electron chi connectivity index (χ3n) is 2.54. The molecule has 0 aromatic carbocycles. The minimum absolute atomic E-state index is 0.401. The lowest BCUT2D eigenvalue weighted by molar-refractivity contribution is 0.0370. The van der Waals surface area contributed by atoms with Crippen LogP contribution in [0.5, 0.6) is 0 Å². The van der Waals surface area contributed by atoms with Gasteiger partial charge < -0.3 is 9.67 Å². The molecule has 14 heavy (non-hydrogen) atoms. The number of rotatable bonds is 4. The van der Waals surface area contributed by atoms with Gasteiger partial charge in [0.2, 0.25) is 0 Å². The molecule has 1 atom stereocenters. The SMILES string of the molecule is CCC(C)(O)Cn1ccnc1C(C)C. The zero-order valence-corrected chi connectivity index (χ0v) is 9.49. The first-order chi connectivity index (χ1) is 6.46. The van der Waals surface area contributed by atoms with Crippen LogP contribution in [-0.4, -0.2) is 20.3 Å². The summed E-state index contributed by atoms with van der Waals surface area (Å²) in [5, 5.41) is 9.95. The van der Waals surface area contributed by atoms with E-state index in [2.05, 4.69) is 18.8 Å². The minimum Gasteiger partial charge on any atom is -0.388 e. The molecule has 0 saturated carbocycles. The summed E-state index contributed by atoms with van der Waals surface area (Å²) < 4.78 is 2.04. The van der Waals surface area contributed by atoms with E-state index in [1.165, 1.54) is 0 Å². The maximum Gasteiger partial charge on any atom is 0.111 e. The van der Waals surface area contributed by atoms with Gasteiger partial charge in [-0.15, -0.1) is 0 Å². The Morgan fingerprint density at radius 3 is 2.71 bits per heavy atom. The van der Waals surface area contributed by atoms with Gasteiger partial charge in [0, 0.05) is 18.3 Å². The Morgan fingerprint density at radius 2 is 2.21 bits per heavy atom. The number of hydrogen-bond acceptors (Lipinski definition) is 2. The summed E-state index contributed by atoms with van der Waals surface area (Å²) in [4.78, 5) is 4.29. The van der Waals surface area contributed by atoms with Crippen LogP contribution in [0.25, 0.3) is 0 Å². The van der Waals surface area contributed by atoms with Crippen LogP contribution in [0.4, 0.5) is 0 Å². The maximum atomic E-state index is 9.95. The number of nitrogens with zero attached hydrogens (tertiary/aromatic N) is 2. The molecule has 0 bridgehead atoms. The zero-order chi connectivity index (χ0) is 10.8. The number of imidazole rings is 1.